The van der Waals surface area contributed by atoms with Crippen LogP contribution >= 0.6 is 11.6 Å². The molecule has 0 aromatic heterocycles. The molecule has 0 spiro atoms. The zero-order valence-electron chi connectivity index (χ0n) is 10.2. The lowest BCUT2D eigenvalue weighted by Gasteiger charge is -2.16. The summed E-state index contributed by atoms with van der Waals surface area (Å²) in [6, 6.07) is 8.05. The molecule has 0 aliphatic heterocycles. The standard InChI is InChI=1S/C13H21ClN2/c1-3-8-15-9-10-16(2)11-12-4-6-13(14)7-5-12/h4-7,15H,3,8-11H2,1-2H3. The van der Waals surface area contributed by atoms with Crippen LogP contribution in [0.1, 0.15) is 18.9 Å². The Morgan fingerprint density at radius 2 is 1.88 bits per heavy atom. The van der Waals surface area contributed by atoms with E-state index in [2.05, 4.69) is 36.3 Å². The summed E-state index contributed by atoms with van der Waals surface area (Å²) in [4.78, 5) is 2.31. The minimum atomic E-state index is 0.802. The fourth-order valence-electron chi connectivity index (χ4n) is 1.55. The van der Waals surface area contributed by atoms with Crippen LogP contribution in [0.2, 0.25) is 5.02 Å². The first-order valence-electron chi connectivity index (χ1n) is 5.86. The van der Waals surface area contributed by atoms with E-state index in [1.807, 2.05) is 12.1 Å². The summed E-state index contributed by atoms with van der Waals surface area (Å²) < 4.78 is 0. The van der Waals surface area contributed by atoms with Crippen LogP contribution in [0.25, 0.3) is 0 Å². The molecule has 0 aliphatic rings. The largest absolute Gasteiger partial charge is 0.315 e. The number of hydrogen-bond acceptors (Lipinski definition) is 2. The van der Waals surface area contributed by atoms with Crippen LogP contribution < -0.4 is 5.32 Å². The first-order valence-corrected chi connectivity index (χ1v) is 6.24. The van der Waals surface area contributed by atoms with Gasteiger partial charge in [0.05, 0.1) is 0 Å². The second kappa shape index (κ2) is 7.66. The highest BCUT2D eigenvalue weighted by atomic mass is 35.5. The van der Waals surface area contributed by atoms with Crippen molar-refractivity contribution in [3.05, 3.63) is 34.9 Å². The normalized spacial score (nSPS) is 11.0. The minimum absolute atomic E-state index is 0.802. The average Bonchev–Trinajstić information content (AvgIpc) is 2.28. The molecule has 1 aromatic carbocycles. The van der Waals surface area contributed by atoms with Crippen LogP contribution in [0.15, 0.2) is 24.3 Å². The third-order valence-electron chi connectivity index (χ3n) is 2.46. The minimum Gasteiger partial charge on any atom is -0.315 e. The Balaban J connectivity index is 2.23. The number of halogens is 1. The Kier molecular flexibility index (Phi) is 6.46. The van der Waals surface area contributed by atoms with Crippen LogP contribution in [0.4, 0.5) is 0 Å². The highest BCUT2D eigenvalue weighted by molar-refractivity contribution is 6.30. The molecule has 2 nitrogen and oxygen atoms in total. The molecular weight excluding hydrogens is 220 g/mol. The summed E-state index contributed by atoms with van der Waals surface area (Å²) in [5.41, 5.74) is 1.31. The van der Waals surface area contributed by atoms with Gasteiger partial charge in [-0.1, -0.05) is 30.7 Å². The molecule has 0 unspecified atom stereocenters. The molecule has 0 heterocycles. The zero-order chi connectivity index (χ0) is 11.8. The molecule has 0 saturated heterocycles. The summed E-state index contributed by atoms with van der Waals surface area (Å²) in [6.07, 6.45) is 1.20. The highest BCUT2D eigenvalue weighted by Gasteiger charge is 1.99. The zero-order valence-corrected chi connectivity index (χ0v) is 10.9. The molecule has 1 rings (SSSR count). The summed E-state index contributed by atoms with van der Waals surface area (Å²) in [7, 11) is 2.14. The van der Waals surface area contributed by atoms with Crippen molar-refractivity contribution in [2.75, 3.05) is 26.7 Å². The van der Waals surface area contributed by atoms with Crippen LogP contribution in [-0.4, -0.2) is 31.6 Å². The van der Waals surface area contributed by atoms with Gasteiger partial charge in [0.15, 0.2) is 0 Å². The van der Waals surface area contributed by atoms with E-state index in [9.17, 15) is 0 Å². The van der Waals surface area contributed by atoms with E-state index in [4.69, 9.17) is 11.6 Å². The van der Waals surface area contributed by atoms with Crippen LogP contribution in [-0.2, 0) is 6.54 Å². The van der Waals surface area contributed by atoms with Crippen molar-refractivity contribution in [2.24, 2.45) is 0 Å². The Morgan fingerprint density at radius 3 is 2.50 bits per heavy atom. The molecule has 90 valence electrons. The van der Waals surface area contributed by atoms with Gasteiger partial charge in [0.2, 0.25) is 0 Å². The molecule has 0 saturated carbocycles. The number of rotatable bonds is 7. The van der Waals surface area contributed by atoms with Crippen LogP contribution in [0.3, 0.4) is 0 Å². The van der Waals surface area contributed by atoms with Crippen molar-refractivity contribution in [3.8, 4) is 0 Å². The lowest BCUT2D eigenvalue weighted by atomic mass is 10.2. The van der Waals surface area contributed by atoms with Gasteiger partial charge in [-0.15, -0.1) is 0 Å². The van der Waals surface area contributed by atoms with Crippen molar-refractivity contribution in [3.63, 3.8) is 0 Å². The highest BCUT2D eigenvalue weighted by Crippen LogP contribution is 2.10. The Bertz CT molecular complexity index is 284. The summed E-state index contributed by atoms with van der Waals surface area (Å²) >= 11 is 5.84. The van der Waals surface area contributed by atoms with Gasteiger partial charge < -0.3 is 10.2 Å². The molecule has 0 atom stereocenters. The SMILES string of the molecule is CCCNCCN(C)Cc1ccc(Cl)cc1. The Hall–Kier alpha value is -0.570. The van der Waals surface area contributed by atoms with E-state index in [0.29, 0.717) is 0 Å². The van der Waals surface area contributed by atoms with E-state index in [0.717, 1.165) is 31.2 Å². The van der Waals surface area contributed by atoms with Gasteiger partial charge >= 0.3 is 0 Å². The molecule has 0 amide bonds. The van der Waals surface area contributed by atoms with E-state index >= 15 is 0 Å². The van der Waals surface area contributed by atoms with Crippen LogP contribution in [0, 0.1) is 0 Å². The third kappa shape index (κ3) is 5.50. The van der Waals surface area contributed by atoms with Crippen molar-refractivity contribution in [1.82, 2.24) is 10.2 Å². The number of likely N-dealkylation sites (N-methyl/N-ethyl adjacent to an activating group) is 1. The number of benzene rings is 1. The molecule has 0 bridgehead atoms. The lowest BCUT2D eigenvalue weighted by molar-refractivity contribution is 0.324. The fourth-order valence-corrected chi connectivity index (χ4v) is 1.68. The van der Waals surface area contributed by atoms with Gasteiger partial charge in [-0.25, -0.2) is 0 Å². The van der Waals surface area contributed by atoms with Crippen molar-refractivity contribution in [1.29, 1.82) is 0 Å². The topological polar surface area (TPSA) is 15.3 Å². The monoisotopic (exact) mass is 240 g/mol. The van der Waals surface area contributed by atoms with E-state index in [1.54, 1.807) is 0 Å². The smallest absolute Gasteiger partial charge is 0.0406 e. The fraction of sp³-hybridized carbons (Fsp3) is 0.538. The second-order valence-corrected chi connectivity index (χ2v) is 4.55. The molecule has 0 fully saturated rings. The van der Waals surface area contributed by atoms with E-state index in [-0.39, 0.29) is 0 Å². The lowest BCUT2D eigenvalue weighted by Crippen LogP contribution is -2.29. The van der Waals surface area contributed by atoms with Gasteiger partial charge in [0, 0.05) is 24.7 Å². The first-order chi connectivity index (χ1) is 7.72. The van der Waals surface area contributed by atoms with Gasteiger partial charge in [-0.3, -0.25) is 0 Å². The maximum atomic E-state index is 5.84. The molecular formula is C13H21ClN2. The predicted octanol–water partition coefficient (Wildman–Crippen LogP) is 2.77. The summed E-state index contributed by atoms with van der Waals surface area (Å²) in [5.74, 6) is 0. The molecule has 0 aliphatic carbocycles. The van der Waals surface area contributed by atoms with Gasteiger partial charge in [-0.05, 0) is 37.7 Å². The summed E-state index contributed by atoms with van der Waals surface area (Å²) in [6.45, 7) is 6.39. The third-order valence-corrected chi connectivity index (χ3v) is 2.71. The molecule has 3 heteroatoms. The Labute approximate surface area is 104 Å². The second-order valence-electron chi connectivity index (χ2n) is 4.11. The number of nitrogens with one attached hydrogen (secondary N) is 1. The van der Waals surface area contributed by atoms with Gasteiger partial charge in [0.1, 0.15) is 0 Å². The van der Waals surface area contributed by atoms with Crippen molar-refractivity contribution in [2.45, 2.75) is 19.9 Å². The maximum Gasteiger partial charge on any atom is 0.0406 e. The molecule has 0 radical (unpaired) electrons. The average molecular weight is 241 g/mol. The van der Waals surface area contributed by atoms with Gasteiger partial charge in [-0.2, -0.15) is 0 Å². The summed E-state index contributed by atoms with van der Waals surface area (Å²) in [5, 5.41) is 4.20. The van der Waals surface area contributed by atoms with Crippen LogP contribution in [0.5, 0.6) is 0 Å². The van der Waals surface area contributed by atoms with Crippen molar-refractivity contribution < 1.29 is 0 Å². The van der Waals surface area contributed by atoms with E-state index in [1.165, 1.54) is 12.0 Å². The maximum absolute atomic E-state index is 5.84. The molecule has 1 N–H and O–H groups in total. The molecule has 1 aromatic rings. The number of hydrogen-bond donors (Lipinski definition) is 1. The Morgan fingerprint density at radius 1 is 1.19 bits per heavy atom. The van der Waals surface area contributed by atoms with Gasteiger partial charge in [0.25, 0.3) is 0 Å². The quantitative estimate of drug-likeness (QED) is 0.738. The van der Waals surface area contributed by atoms with Crippen molar-refractivity contribution >= 4 is 11.6 Å². The molecule has 16 heavy (non-hydrogen) atoms. The predicted molar refractivity (Wildman–Crippen MR) is 70.9 cm³/mol. The first kappa shape index (κ1) is 13.5. The van der Waals surface area contributed by atoms with E-state index < -0.39 is 0 Å². The number of nitrogens with zero attached hydrogens (tertiary/aromatic N) is 1.